The van der Waals surface area contributed by atoms with Crippen molar-refractivity contribution < 1.29 is 23.9 Å². The number of likely N-dealkylation sites (tertiary alicyclic amines) is 1. The van der Waals surface area contributed by atoms with Gasteiger partial charge in [-0.1, -0.05) is 34.7 Å². The van der Waals surface area contributed by atoms with Gasteiger partial charge in [0.05, 0.1) is 12.0 Å². The molecule has 0 saturated carbocycles. The lowest BCUT2D eigenvalue weighted by molar-refractivity contribution is -0.135. The summed E-state index contributed by atoms with van der Waals surface area (Å²) in [4.78, 5) is 40.9. The fourth-order valence-corrected chi connectivity index (χ4v) is 4.65. The summed E-state index contributed by atoms with van der Waals surface area (Å²) >= 11 is 4.27. The molecule has 0 unspecified atom stereocenters. The van der Waals surface area contributed by atoms with Crippen LogP contribution in [-0.4, -0.2) is 60.2 Å². The number of nitrogens with zero attached hydrogens (tertiary/aromatic N) is 2. The van der Waals surface area contributed by atoms with Crippen LogP contribution >= 0.6 is 27.7 Å². The Balaban J connectivity index is 1.76. The Morgan fingerprint density at radius 3 is 2.58 bits per heavy atom. The molecule has 31 heavy (non-hydrogen) atoms. The summed E-state index contributed by atoms with van der Waals surface area (Å²) in [5.74, 6) is 2.63. The molecular weight excluding hydrogens is 484 g/mol. The molecular formula is C22H23BrN2O5S. The number of halogens is 1. The van der Waals surface area contributed by atoms with Crippen LogP contribution in [0.1, 0.15) is 31.2 Å². The molecule has 3 amide bonds. The molecule has 164 valence electrons. The van der Waals surface area contributed by atoms with E-state index in [-0.39, 0.29) is 24.0 Å². The van der Waals surface area contributed by atoms with Gasteiger partial charge in [-0.05, 0) is 48.4 Å². The summed E-state index contributed by atoms with van der Waals surface area (Å²) in [6.45, 7) is 1.20. The zero-order chi connectivity index (χ0) is 22.4. The molecule has 1 aromatic carbocycles. The first-order valence-electron chi connectivity index (χ1n) is 9.91. The third-order valence-corrected chi connectivity index (χ3v) is 6.60. The number of terminal acetylenes is 1. The normalized spacial score (nSPS) is 18.2. The quantitative estimate of drug-likeness (QED) is 0.430. The van der Waals surface area contributed by atoms with E-state index in [1.54, 1.807) is 23.1 Å². The van der Waals surface area contributed by atoms with Crippen LogP contribution in [0.3, 0.4) is 0 Å². The van der Waals surface area contributed by atoms with E-state index in [0.717, 1.165) is 42.3 Å². The van der Waals surface area contributed by atoms with Crippen molar-refractivity contribution in [2.24, 2.45) is 0 Å². The highest BCUT2D eigenvalue weighted by Gasteiger charge is 2.37. The largest absolute Gasteiger partial charge is 0.493 e. The number of methoxy groups -OCH3 is 1. The molecule has 1 aromatic rings. The molecule has 7 nitrogen and oxygen atoms in total. The standard InChI is InChI=1S/C22H23BrN2O5S/c1-3-10-30-18-13-16(23)15(11-17(18)29-2)12-19-21(27)25(22(28)31-19)14-20(26)24-8-6-4-5-7-9-24/h1,11-13H,4-10,14H2,2H3. The fourth-order valence-electron chi connectivity index (χ4n) is 3.39. The Bertz CT molecular complexity index is 948. The molecule has 9 heteroatoms. The van der Waals surface area contributed by atoms with Crippen LogP contribution < -0.4 is 9.47 Å². The Hall–Kier alpha value is -2.44. The van der Waals surface area contributed by atoms with Crippen molar-refractivity contribution in [2.75, 3.05) is 33.4 Å². The maximum atomic E-state index is 12.8. The minimum atomic E-state index is -0.475. The number of ether oxygens (including phenoxy) is 2. The first-order chi connectivity index (χ1) is 14.9. The topological polar surface area (TPSA) is 76.2 Å². The minimum Gasteiger partial charge on any atom is -0.493 e. The number of carbonyl (C=O) groups excluding carboxylic acids is 3. The summed E-state index contributed by atoms with van der Waals surface area (Å²) in [7, 11) is 1.50. The molecule has 0 bridgehead atoms. The molecule has 0 radical (unpaired) electrons. The minimum absolute atomic E-state index is 0.0894. The Kier molecular flexibility index (Phi) is 8.04. The van der Waals surface area contributed by atoms with Crippen molar-refractivity contribution in [1.29, 1.82) is 0 Å². The average Bonchev–Trinajstić information content (AvgIpc) is 2.96. The van der Waals surface area contributed by atoms with Crippen LogP contribution in [0, 0.1) is 12.3 Å². The molecule has 0 N–H and O–H groups in total. The highest BCUT2D eigenvalue weighted by atomic mass is 79.9. The van der Waals surface area contributed by atoms with Crippen molar-refractivity contribution in [1.82, 2.24) is 9.80 Å². The Labute approximate surface area is 194 Å². The zero-order valence-corrected chi connectivity index (χ0v) is 19.6. The predicted octanol–water partition coefficient (Wildman–Crippen LogP) is 3.91. The first-order valence-corrected chi connectivity index (χ1v) is 11.5. The lowest BCUT2D eigenvalue weighted by Crippen LogP contribution is -2.42. The maximum Gasteiger partial charge on any atom is 0.294 e. The second-order valence-corrected chi connectivity index (χ2v) is 8.93. The number of benzene rings is 1. The molecule has 0 spiro atoms. The van der Waals surface area contributed by atoms with Crippen molar-refractivity contribution >= 4 is 50.8 Å². The van der Waals surface area contributed by atoms with Crippen molar-refractivity contribution in [2.45, 2.75) is 25.7 Å². The van der Waals surface area contributed by atoms with Gasteiger partial charge in [-0.2, -0.15) is 0 Å². The SMILES string of the molecule is C#CCOc1cc(Br)c(C=C2SC(=O)N(CC(=O)N3CCCCCC3)C2=O)cc1OC. The van der Waals surface area contributed by atoms with Crippen LogP contribution in [0.25, 0.3) is 6.08 Å². The highest BCUT2D eigenvalue weighted by molar-refractivity contribution is 9.10. The van der Waals surface area contributed by atoms with E-state index in [4.69, 9.17) is 15.9 Å². The monoisotopic (exact) mass is 506 g/mol. The predicted molar refractivity (Wildman–Crippen MR) is 123 cm³/mol. The van der Waals surface area contributed by atoms with Crippen molar-refractivity contribution in [3.05, 3.63) is 27.1 Å². The van der Waals surface area contributed by atoms with E-state index in [1.165, 1.54) is 7.11 Å². The van der Waals surface area contributed by atoms with E-state index in [2.05, 4.69) is 21.9 Å². The van der Waals surface area contributed by atoms with Gasteiger partial charge in [0.1, 0.15) is 13.2 Å². The molecule has 2 saturated heterocycles. The van der Waals surface area contributed by atoms with Gasteiger partial charge in [0.2, 0.25) is 5.91 Å². The number of imide groups is 1. The van der Waals surface area contributed by atoms with Gasteiger partial charge >= 0.3 is 0 Å². The number of amides is 3. The lowest BCUT2D eigenvalue weighted by atomic mass is 10.2. The van der Waals surface area contributed by atoms with Gasteiger partial charge in [0.25, 0.3) is 11.1 Å². The summed E-state index contributed by atoms with van der Waals surface area (Å²) in [6, 6.07) is 3.38. The first kappa shape index (κ1) is 23.2. The van der Waals surface area contributed by atoms with Crippen LogP contribution in [0.15, 0.2) is 21.5 Å². The van der Waals surface area contributed by atoms with Gasteiger partial charge in [-0.15, -0.1) is 6.42 Å². The number of rotatable bonds is 6. The Morgan fingerprint density at radius 1 is 1.23 bits per heavy atom. The van der Waals surface area contributed by atoms with E-state index < -0.39 is 11.1 Å². The smallest absolute Gasteiger partial charge is 0.294 e. The maximum absolute atomic E-state index is 12.8. The lowest BCUT2D eigenvalue weighted by Gasteiger charge is -2.22. The third kappa shape index (κ3) is 5.63. The second kappa shape index (κ2) is 10.7. The van der Waals surface area contributed by atoms with Gasteiger partial charge in [-0.3, -0.25) is 19.3 Å². The van der Waals surface area contributed by atoms with Gasteiger partial charge in [-0.25, -0.2) is 0 Å². The number of thioether (sulfide) groups is 1. The molecule has 2 fully saturated rings. The van der Waals surface area contributed by atoms with Crippen molar-refractivity contribution in [3.8, 4) is 23.8 Å². The molecule has 2 aliphatic heterocycles. The molecule has 3 rings (SSSR count). The summed E-state index contributed by atoms with van der Waals surface area (Å²) in [6.07, 6.45) is 10.9. The molecule has 0 atom stereocenters. The van der Waals surface area contributed by atoms with Crippen molar-refractivity contribution in [3.63, 3.8) is 0 Å². The van der Waals surface area contributed by atoms with Gasteiger partial charge in [0.15, 0.2) is 11.5 Å². The summed E-state index contributed by atoms with van der Waals surface area (Å²) < 4.78 is 11.4. The molecule has 0 aromatic heterocycles. The van der Waals surface area contributed by atoms with Crippen LogP contribution in [0.5, 0.6) is 11.5 Å². The van der Waals surface area contributed by atoms with E-state index in [0.29, 0.717) is 34.6 Å². The summed E-state index contributed by atoms with van der Waals surface area (Å²) in [5.41, 5.74) is 0.634. The third-order valence-electron chi connectivity index (χ3n) is 5.01. The molecule has 2 aliphatic rings. The van der Waals surface area contributed by atoms with Gasteiger partial charge in [0, 0.05) is 17.6 Å². The average molecular weight is 507 g/mol. The fraction of sp³-hybridized carbons (Fsp3) is 0.409. The molecule has 0 aliphatic carbocycles. The summed E-state index contributed by atoms with van der Waals surface area (Å²) in [5, 5.41) is -0.448. The Morgan fingerprint density at radius 2 is 1.94 bits per heavy atom. The van der Waals surface area contributed by atoms with E-state index in [9.17, 15) is 14.4 Å². The second-order valence-electron chi connectivity index (χ2n) is 7.08. The van der Waals surface area contributed by atoms with E-state index in [1.807, 2.05) is 0 Å². The number of carbonyl (C=O) groups is 3. The van der Waals surface area contributed by atoms with Crippen LogP contribution in [0.4, 0.5) is 4.79 Å². The number of hydrogen-bond donors (Lipinski definition) is 0. The van der Waals surface area contributed by atoms with Crippen LogP contribution in [0.2, 0.25) is 0 Å². The number of hydrogen-bond acceptors (Lipinski definition) is 6. The highest BCUT2D eigenvalue weighted by Crippen LogP contribution is 2.38. The van der Waals surface area contributed by atoms with E-state index >= 15 is 0 Å². The molecule has 2 heterocycles. The van der Waals surface area contributed by atoms with Gasteiger partial charge < -0.3 is 14.4 Å². The van der Waals surface area contributed by atoms with Crippen LogP contribution in [-0.2, 0) is 9.59 Å². The zero-order valence-electron chi connectivity index (χ0n) is 17.2.